The summed E-state index contributed by atoms with van der Waals surface area (Å²) in [6.45, 7) is 29.0. The number of Topliss-reactive ketones (excluding diaryl/α,β-unsaturated/α-hetero) is 1. The number of hydrogen-bond acceptors (Lipinski definition) is 3. The highest BCUT2D eigenvalue weighted by Crippen LogP contribution is 2.89. The van der Waals surface area contributed by atoms with E-state index in [0.29, 0.717) is 39.8 Å². The average molecular weight is 599 g/mol. The molecule has 3 nitrogen and oxygen atoms in total. The highest BCUT2D eigenvalue weighted by Gasteiger charge is 2.84. The van der Waals surface area contributed by atoms with Crippen LogP contribution in [0.4, 0.5) is 0 Å². The fourth-order valence-electron chi connectivity index (χ4n) is 13.6. The first-order valence-electron chi connectivity index (χ1n) is 18.3. The van der Waals surface area contributed by atoms with Gasteiger partial charge < -0.3 is 9.16 Å². The van der Waals surface area contributed by atoms with Crippen LogP contribution in [0.5, 0.6) is 0 Å². The van der Waals surface area contributed by atoms with Crippen LogP contribution < -0.4 is 0 Å². The molecule has 0 bridgehead atoms. The molecule has 4 heteroatoms. The van der Waals surface area contributed by atoms with Crippen LogP contribution in [-0.4, -0.2) is 32.4 Å². The minimum Gasteiger partial charge on any atom is -0.411 e. The molecular formula is C38H66O3Si. The molecule has 12 atom stereocenters. The lowest BCUT2D eigenvalue weighted by molar-refractivity contribution is -0.172. The first kappa shape index (κ1) is 31.8. The quantitative estimate of drug-likeness (QED) is 0.285. The van der Waals surface area contributed by atoms with E-state index in [0.717, 1.165) is 18.3 Å². The van der Waals surface area contributed by atoms with E-state index < -0.39 is 8.32 Å². The van der Waals surface area contributed by atoms with Crippen molar-refractivity contribution in [3.63, 3.8) is 0 Å². The SMILES string of the molecule is CC[Si](CC)(CC)O[C@H]1[C@H]2O[C@@H](C(=O)C(C)(C)C)C[C@@H](C)C2[C@@]2(C)CC[C@@]34CC35CC[C@H](C)C(C)(C)[C@@H]5CC[C@H]4[C@]12C. The fraction of sp³-hybridized carbons (Fsp3) is 0.974. The molecule has 5 aliphatic carbocycles. The summed E-state index contributed by atoms with van der Waals surface area (Å²) in [6.07, 6.45) is 10.6. The normalized spacial score (nSPS) is 51.0. The van der Waals surface area contributed by atoms with Crippen molar-refractivity contribution in [2.24, 2.45) is 62.1 Å². The topological polar surface area (TPSA) is 35.5 Å². The van der Waals surface area contributed by atoms with E-state index in [2.05, 4.69) is 83.1 Å². The highest BCUT2D eigenvalue weighted by molar-refractivity contribution is 6.73. The second-order valence-electron chi connectivity index (χ2n) is 18.9. The third kappa shape index (κ3) is 3.79. The van der Waals surface area contributed by atoms with Crippen molar-refractivity contribution in [3.05, 3.63) is 0 Å². The van der Waals surface area contributed by atoms with Crippen molar-refractivity contribution < 1.29 is 14.0 Å². The molecule has 0 radical (unpaired) electrons. The number of carbonyl (C=O) groups excluding carboxylic acids is 1. The Hall–Kier alpha value is -0.193. The van der Waals surface area contributed by atoms with Gasteiger partial charge in [0.05, 0.1) is 12.2 Å². The predicted molar refractivity (Wildman–Crippen MR) is 176 cm³/mol. The van der Waals surface area contributed by atoms with Gasteiger partial charge in [-0.1, -0.05) is 83.1 Å². The fourth-order valence-corrected chi connectivity index (χ4v) is 16.5. The van der Waals surface area contributed by atoms with Gasteiger partial charge in [0.2, 0.25) is 0 Å². The molecule has 1 aliphatic heterocycles. The van der Waals surface area contributed by atoms with Crippen molar-refractivity contribution in [2.45, 2.75) is 171 Å². The van der Waals surface area contributed by atoms with Crippen LogP contribution in [0.2, 0.25) is 18.1 Å². The number of ketones is 1. The molecule has 0 N–H and O–H groups in total. The third-order valence-corrected chi connectivity index (χ3v) is 21.3. The summed E-state index contributed by atoms with van der Waals surface area (Å²) in [7, 11) is -1.92. The van der Waals surface area contributed by atoms with Gasteiger partial charge in [0.15, 0.2) is 14.1 Å². The monoisotopic (exact) mass is 598 g/mol. The van der Waals surface area contributed by atoms with Gasteiger partial charge in [-0.25, -0.2) is 0 Å². The standard InChI is InChI=1S/C38H66O3Si/c1-13-42(14-2,15-3)41-32-30-29(24(4)22-26(40-30)31(39)33(6,7)8)35(11)20-21-38-23-37(38)19-18-25(5)34(9,10)27(37)16-17-28(38)36(32,35)12/h24-30,32H,13-23H2,1-12H3/t24-,25+,26-,27+,28+,29?,30+,32+,35-,36-,37?,38+/m1/s1. The van der Waals surface area contributed by atoms with Crippen LogP contribution in [-0.2, 0) is 14.0 Å². The lowest BCUT2D eigenvalue weighted by atomic mass is 9.41. The van der Waals surface area contributed by atoms with Crippen molar-refractivity contribution in [2.75, 3.05) is 0 Å². The molecule has 42 heavy (non-hydrogen) atoms. The summed E-state index contributed by atoms with van der Waals surface area (Å²) < 4.78 is 15.0. The van der Waals surface area contributed by atoms with Crippen molar-refractivity contribution >= 4 is 14.1 Å². The van der Waals surface area contributed by atoms with E-state index in [9.17, 15) is 4.79 Å². The molecule has 0 aromatic rings. The molecular weight excluding hydrogens is 533 g/mol. The molecule has 6 aliphatic rings. The van der Waals surface area contributed by atoms with Gasteiger partial charge in [-0.05, 0) is 121 Å². The molecule has 5 saturated carbocycles. The third-order valence-electron chi connectivity index (χ3n) is 16.7. The predicted octanol–water partition coefficient (Wildman–Crippen LogP) is 10.1. The maximum Gasteiger partial charge on any atom is 0.192 e. The van der Waals surface area contributed by atoms with E-state index in [1.54, 1.807) is 0 Å². The van der Waals surface area contributed by atoms with E-state index in [1.807, 2.05) is 0 Å². The maximum atomic E-state index is 13.8. The van der Waals surface area contributed by atoms with E-state index >= 15 is 0 Å². The lowest BCUT2D eigenvalue weighted by Gasteiger charge is -2.64. The summed E-state index contributed by atoms with van der Waals surface area (Å²) in [5.41, 5.74) is 1.40. The molecule has 6 fully saturated rings. The first-order chi connectivity index (χ1) is 19.4. The second kappa shape index (κ2) is 9.66. The summed E-state index contributed by atoms with van der Waals surface area (Å²) in [4.78, 5) is 13.8. The zero-order chi connectivity index (χ0) is 30.9. The van der Waals surface area contributed by atoms with Gasteiger partial charge in [0.25, 0.3) is 0 Å². The lowest BCUT2D eigenvalue weighted by Crippen LogP contribution is -2.60. The summed E-state index contributed by atoms with van der Waals surface area (Å²) in [5.74, 6) is 3.66. The minimum atomic E-state index is -1.92. The van der Waals surface area contributed by atoms with E-state index in [-0.39, 0.29) is 34.6 Å². The van der Waals surface area contributed by atoms with Crippen molar-refractivity contribution in [1.82, 2.24) is 0 Å². The van der Waals surface area contributed by atoms with Crippen LogP contribution in [0, 0.1) is 62.1 Å². The van der Waals surface area contributed by atoms with E-state index in [1.165, 1.54) is 63.1 Å². The smallest absolute Gasteiger partial charge is 0.192 e. The van der Waals surface area contributed by atoms with Crippen LogP contribution in [0.15, 0.2) is 0 Å². The number of rotatable bonds is 6. The zero-order valence-electron chi connectivity index (χ0n) is 29.6. The van der Waals surface area contributed by atoms with Crippen LogP contribution in [0.25, 0.3) is 0 Å². The van der Waals surface area contributed by atoms with E-state index in [4.69, 9.17) is 9.16 Å². The molecule has 0 aromatic heterocycles. The molecule has 0 amide bonds. The summed E-state index contributed by atoms with van der Waals surface area (Å²) in [5, 5.41) is 0. The minimum absolute atomic E-state index is 0.0435. The number of ether oxygens (including phenoxy) is 1. The van der Waals surface area contributed by atoms with Gasteiger partial charge in [0.1, 0.15) is 6.10 Å². The highest BCUT2D eigenvalue weighted by atomic mass is 28.4. The second-order valence-corrected chi connectivity index (χ2v) is 23.6. The van der Waals surface area contributed by atoms with Gasteiger partial charge >= 0.3 is 0 Å². The van der Waals surface area contributed by atoms with Gasteiger partial charge in [-0.15, -0.1) is 0 Å². The molecule has 240 valence electrons. The van der Waals surface area contributed by atoms with Crippen LogP contribution >= 0.6 is 0 Å². The maximum absolute atomic E-state index is 13.8. The van der Waals surface area contributed by atoms with Crippen molar-refractivity contribution in [1.29, 1.82) is 0 Å². The molecule has 1 saturated heterocycles. The Balaban J connectivity index is 1.46. The molecule has 2 unspecified atom stereocenters. The Labute approximate surface area is 260 Å². The molecule has 2 spiro atoms. The van der Waals surface area contributed by atoms with Gasteiger partial charge in [-0.2, -0.15) is 0 Å². The van der Waals surface area contributed by atoms with Gasteiger partial charge in [-0.3, -0.25) is 4.79 Å². The largest absolute Gasteiger partial charge is 0.411 e. The average Bonchev–Trinajstić information content (AvgIpc) is 3.56. The number of carbonyl (C=O) groups is 1. The Morgan fingerprint density at radius 1 is 0.881 bits per heavy atom. The molecule has 1 heterocycles. The summed E-state index contributed by atoms with van der Waals surface area (Å²) >= 11 is 0. The molecule has 6 rings (SSSR count). The Bertz CT molecular complexity index is 1080. The van der Waals surface area contributed by atoms with Gasteiger partial charge in [0, 0.05) is 10.8 Å². The Morgan fingerprint density at radius 3 is 2.07 bits per heavy atom. The Kier molecular flexibility index (Phi) is 7.31. The Morgan fingerprint density at radius 2 is 1.48 bits per heavy atom. The number of hydrogen-bond donors (Lipinski definition) is 0. The summed E-state index contributed by atoms with van der Waals surface area (Å²) in [6, 6.07) is 3.53. The number of fused-ring (bicyclic) bond motifs is 4. The van der Waals surface area contributed by atoms with Crippen molar-refractivity contribution in [3.8, 4) is 0 Å². The van der Waals surface area contributed by atoms with Crippen LogP contribution in [0.1, 0.15) is 134 Å². The van der Waals surface area contributed by atoms with Crippen LogP contribution in [0.3, 0.4) is 0 Å². The molecule has 0 aromatic carbocycles. The first-order valence-corrected chi connectivity index (χ1v) is 20.9. The zero-order valence-corrected chi connectivity index (χ0v) is 30.6.